The summed E-state index contributed by atoms with van der Waals surface area (Å²) in [5.41, 5.74) is 0. The summed E-state index contributed by atoms with van der Waals surface area (Å²) < 4.78 is 28.9. The molecule has 0 amide bonds. The Morgan fingerprint density at radius 1 is 0.369 bits per heavy atom. The number of esters is 2. The topological polar surface area (TPSA) is 202 Å². The molecule has 10 atom stereocenters. The zero-order chi connectivity index (χ0) is 47.7. The van der Waals surface area contributed by atoms with Crippen molar-refractivity contribution in [2.45, 2.75) is 295 Å². The smallest absolute Gasteiger partial charge is 0.309 e. The van der Waals surface area contributed by atoms with Gasteiger partial charge in [-0.2, -0.15) is 0 Å². The third kappa shape index (κ3) is 24.6. The standard InChI is InChI=1S/C52H98O13/c1-5-9-13-17-21-25-29-33-39(34-30-26-22-18-14-10-6-2)49(59)61-37-41-43(53)45(55)47(57)51(63-41)65-52-48(58)46(56)44(54)42(64-52)38-62-50(60)40(35-31-27-23-19-15-11-7-3)36-32-28-24-20-16-12-8-4/h39-48,51-58H,5-38H2,1-4H3/t41-,42-,43-,44-,45+,46+,47-,48-,51-,52-/m1/s1. The van der Waals surface area contributed by atoms with Crippen LogP contribution in [0, 0.1) is 11.8 Å². The lowest BCUT2D eigenvalue weighted by molar-refractivity contribution is -0.376. The number of ether oxygens (including phenoxy) is 5. The van der Waals surface area contributed by atoms with E-state index in [0.717, 1.165) is 77.0 Å². The average Bonchev–Trinajstić information content (AvgIpc) is 3.30. The third-order valence-electron chi connectivity index (χ3n) is 13.7. The molecule has 2 fully saturated rings. The molecule has 0 aromatic heterocycles. The van der Waals surface area contributed by atoms with E-state index in [1.54, 1.807) is 0 Å². The van der Waals surface area contributed by atoms with Crippen molar-refractivity contribution in [2.75, 3.05) is 13.2 Å². The van der Waals surface area contributed by atoms with Gasteiger partial charge in [0.2, 0.25) is 0 Å². The number of carbonyl (C=O) groups is 2. The molecule has 2 aliphatic rings. The molecule has 2 saturated heterocycles. The van der Waals surface area contributed by atoms with Crippen molar-refractivity contribution >= 4 is 11.9 Å². The van der Waals surface area contributed by atoms with E-state index in [-0.39, 0.29) is 11.8 Å². The minimum atomic E-state index is -1.81. The minimum absolute atomic E-state index is 0.315. The van der Waals surface area contributed by atoms with Crippen molar-refractivity contribution in [3.05, 3.63) is 0 Å². The molecule has 2 rings (SSSR count). The summed E-state index contributed by atoms with van der Waals surface area (Å²) in [4.78, 5) is 27.0. The fraction of sp³-hybridized carbons (Fsp3) is 0.962. The summed E-state index contributed by atoms with van der Waals surface area (Å²) in [6, 6.07) is 0. The quantitative estimate of drug-likeness (QED) is 0.0251. The summed E-state index contributed by atoms with van der Waals surface area (Å²) in [5, 5.41) is 65.3. The van der Waals surface area contributed by atoms with Gasteiger partial charge in [-0.3, -0.25) is 9.59 Å². The largest absolute Gasteiger partial charge is 0.463 e. The highest BCUT2D eigenvalue weighted by Crippen LogP contribution is 2.30. The van der Waals surface area contributed by atoms with Crippen LogP contribution in [-0.2, 0) is 33.3 Å². The molecule has 0 spiro atoms. The summed E-state index contributed by atoms with van der Waals surface area (Å²) in [5.74, 6) is -1.43. The van der Waals surface area contributed by atoms with E-state index < -0.39 is 86.6 Å². The van der Waals surface area contributed by atoms with Crippen LogP contribution < -0.4 is 0 Å². The Morgan fingerprint density at radius 3 is 0.877 bits per heavy atom. The van der Waals surface area contributed by atoms with E-state index in [1.165, 1.54) is 103 Å². The highest BCUT2D eigenvalue weighted by atomic mass is 16.8. The lowest BCUT2D eigenvalue weighted by Crippen LogP contribution is -2.64. The first-order valence-corrected chi connectivity index (χ1v) is 26.9. The SMILES string of the molecule is CCCCCCCCCC(CCCCCCCCC)C(=O)OC[C@H]1O[C@H](O[C@H]2O[C@H](COC(=O)C(CCCCCCCCC)CCCCCCCCC)[C@@H](O)[C@H](O)[C@H]2O)[C@H](O)[C@@H](O)[C@@H]1O. The van der Waals surface area contributed by atoms with Gasteiger partial charge in [-0.05, 0) is 25.7 Å². The van der Waals surface area contributed by atoms with Crippen LogP contribution in [0.1, 0.15) is 233 Å². The number of aliphatic hydroxyl groups is 6. The fourth-order valence-corrected chi connectivity index (χ4v) is 9.18. The summed E-state index contributed by atoms with van der Waals surface area (Å²) in [6.07, 6.45) is 18.1. The van der Waals surface area contributed by atoms with Crippen molar-refractivity contribution in [3.8, 4) is 0 Å². The molecule has 0 unspecified atom stereocenters. The maximum Gasteiger partial charge on any atom is 0.309 e. The molecular formula is C52H98O13. The van der Waals surface area contributed by atoms with Gasteiger partial charge < -0.3 is 54.3 Å². The van der Waals surface area contributed by atoms with Gasteiger partial charge in [-0.25, -0.2) is 0 Å². The first kappa shape index (κ1) is 59.7. The van der Waals surface area contributed by atoms with Crippen molar-refractivity contribution in [3.63, 3.8) is 0 Å². The van der Waals surface area contributed by atoms with Gasteiger partial charge in [0.25, 0.3) is 0 Å². The van der Waals surface area contributed by atoms with Crippen molar-refractivity contribution < 1.29 is 63.9 Å². The Balaban J connectivity index is 2.02. The van der Waals surface area contributed by atoms with Crippen molar-refractivity contribution in [1.29, 1.82) is 0 Å². The van der Waals surface area contributed by atoms with Crippen LogP contribution in [0.2, 0.25) is 0 Å². The van der Waals surface area contributed by atoms with Crippen LogP contribution in [0.25, 0.3) is 0 Å². The predicted molar refractivity (Wildman–Crippen MR) is 254 cm³/mol. The fourth-order valence-electron chi connectivity index (χ4n) is 9.18. The van der Waals surface area contributed by atoms with Gasteiger partial charge in [-0.1, -0.05) is 207 Å². The van der Waals surface area contributed by atoms with Gasteiger partial charge in [0.15, 0.2) is 12.6 Å². The molecule has 0 bridgehead atoms. The molecule has 0 radical (unpaired) electrons. The molecule has 2 aliphatic heterocycles. The second-order valence-corrected chi connectivity index (χ2v) is 19.5. The van der Waals surface area contributed by atoms with Crippen molar-refractivity contribution in [2.24, 2.45) is 11.8 Å². The van der Waals surface area contributed by atoms with Crippen LogP contribution >= 0.6 is 0 Å². The number of rotatable bonds is 40. The second-order valence-electron chi connectivity index (χ2n) is 19.5. The first-order valence-electron chi connectivity index (χ1n) is 26.9. The number of hydrogen-bond acceptors (Lipinski definition) is 13. The van der Waals surface area contributed by atoms with Crippen LogP contribution in [0.5, 0.6) is 0 Å². The van der Waals surface area contributed by atoms with Crippen LogP contribution in [0.15, 0.2) is 0 Å². The maximum atomic E-state index is 13.5. The first-order chi connectivity index (χ1) is 31.5. The summed E-state index contributed by atoms with van der Waals surface area (Å²) in [7, 11) is 0. The van der Waals surface area contributed by atoms with Crippen molar-refractivity contribution in [1.82, 2.24) is 0 Å². The Morgan fingerprint density at radius 2 is 0.615 bits per heavy atom. The monoisotopic (exact) mass is 931 g/mol. The zero-order valence-corrected chi connectivity index (χ0v) is 41.5. The molecule has 65 heavy (non-hydrogen) atoms. The van der Waals surface area contributed by atoms with Gasteiger partial charge in [0.1, 0.15) is 62.0 Å². The Bertz CT molecular complexity index is 1040. The van der Waals surface area contributed by atoms with E-state index in [4.69, 9.17) is 23.7 Å². The zero-order valence-electron chi connectivity index (χ0n) is 41.5. The minimum Gasteiger partial charge on any atom is -0.463 e. The molecule has 13 nitrogen and oxygen atoms in total. The van der Waals surface area contributed by atoms with E-state index in [1.807, 2.05) is 0 Å². The number of hydrogen-bond donors (Lipinski definition) is 6. The van der Waals surface area contributed by atoms with Crippen LogP contribution in [-0.4, -0.2) is 117 Å². The molecule has 0 aromatic rings. The van der Waals surface area contributed by atoms with Gasteiger partial charge in [0.05, 0.1) is 11.8 Å². The molecule has 384 valence electrons. The number of unbranched alkanes of at least 4 members (excludes halogenated alkanes) is 24. The highest BCUT2D eigenvalue weighted by molar-refractivity contribution is 5.72. The molecule has 0 saturated carbocycles. The second kappa shape index (κ2) is 37.5. The average molecular weight is 931 g/mol. The lowest BCUT2D eigenvalue weighted by atomic mass is 9.94. The van der Waals surface area contributed by atoms with E-state index >= 15 is 0 Å². The van der Waals surface area contributed by atoms with Gasteiger partial charge in [0, 0.05) is 0 Å². The number of aliphatic hydroxyl groups excluding tert-OH is 6. The third-order valence-corrected chi connectivity index (χ3v) is 13.7. The predicted octanol–water partition coefficient (Wildman–Crippen LogP) is 9.50. The Labute approximate surface area is 394 Å². The van der Waals surface area contributed by atoms with Crippen LogP contribution in [0.4, 0.5) is 0 Å². The summed E-state index contributed by atoms with van der Waals surface area (Å²) >= 11 is 0. The normalized spacial score (nSPS) is 26.0. The molecular weight excluding hydrogens is 833 g/mol. The Kier molecular flexibility index (Phi) is 34.4. The van der Waals surface area contributed by atoms with E-state index in [9.17, 15) is 40.2 Å². The van der Waals surface area contributed by atoms with Gasteiger partial charge in [-0.15, -0.1) is 0 Å². The van der Waals surface area contributed by atoms with E-state index in [0.29, 0.717) is 25.7 Å². The molecule has 2 heterocycles. The van der Waals surface area contributed by atoms with E-state index in [2.05, 4.69) is 27.7 Å². The molecule has 6 N–H and O–H groups in total. The molecule has 13 heteroatoms. The Hall–Kier alpha value is -1.42. The maximum absolute atomic E-state index is 13.5. The molecule has 0 aromatic carbocycles. The highest BCUT2D eigenvalue weighted by Gasteiger charge is 2.50. The number of carbonyl (C=O) groups excluding carboxylic acids is 2. The summed E-state index contributed by atoms with van der Waals surface area (Å²) in [6.45, 7) is 7.95. The lowest BCUT2D eigenvalue weighted by Gasteiger charge is -2.44. The van der Waals surface area contributed by atoms with Crippen LogP contribution in [0.3, 0.4) is 0 Å². The molecule has 0 aliphatic carbocycles. The van der Waals surface area contributed by atoms with Gasteiger partial charge >= 0.3 is 11.9 Å².